The number of ether oxygens (including phenoxy) is 1. The van der Waals surface area contributed by atoms with E-state index in [1.165, 1.54) is 11.1 Å². The Labute approximate surface area is 129 Å². The molecule has 0 aliphatic rings. The highest BCUT2D eigenvalue weighted by Gasteiger charge is 2.24. The Morgan fingerprint density at radius 3 is 1.71 bits per heavy atom. The molecule has 2 aromatic rings. The quantitative estimate of drug-likeness (QED) is 0.628. The molecule has 21 heavy (non-hydrogen) atoms. The number of rotatable bonds is 8. The zero-order valence-corrected chi connectivity index (χ0v) is 13.2. The lowest BCUT2D eigenvalue weighted by Gasteiger charge is -2.28. The third-order valence-corrected chi connectivity index (χ3v) is 3.80. The van der Waals surface area contributed by atoms with Gasteiger partial charge in [0.25, 0.3) is 0 Å². The van der Waals surface area contributed by atoms with Crippen LogP contribution in [0.4, 0.5) is 0 Å². The first-order valence-electron chi connectivity index (χ1n) is 8.08. The second-order valence-electron chi connectivity index (χ2n) is 5.50. The van der Waals surface area contributed by atoms with Gasteiger partial charge in [0, 0.05) is 12.5 Å². The largest absolute Gasteiger partial charge is 0.377 e. The summed E-state index contributed by atoms with van der Waals surface area (Å²) in [4.78, 5) is 0. The van der Waals surface area contributed by atoms with Crippen molar-refractivity contribution in [3.05, 3.63) is 71.8 Å². The second-order valence-corrected chi connectivity index (χ2v) is 5.50. The van der Waals surface area contributed by atoms with Gasteiger partial charge in [-0.2, -0.15) is 0 Å². The smallest absolute Gasteiger partial charge is 0.0684 e. The monoisotopic (exact) mass is 282 g/mol. The van der Waals surface area contributed by atoms with E-state index in [2.05, 4.69) is 74.5 Å². The summed E-state index contributed by atoms with van der Waals surface area (Å²) in [5.74, 6) is 0.318. The maximum Gasteiger partial charge on any atom is 0.0684 e. The van der Waals surface area contributed by atoms with E-state index in [-0.39, 0.29) is 6.10 Å². The van der Waals surface area contributed by atoms with Crippen LogP contribution in [0.3, 0.4) is 0 Å². The van der Waals surface area contributed by atoms with Gasteiger partial charge in [-0.05, 0) is 24.0 Å². The van der Waals surface area contributed by atoms with Gasteiger partial charge < -0.3 is 4.74 Å². The van der Waals surface area contributed by atoms with Crippen molar-refractivity contribution in [2.75, 3.05) is 6.61 Å². The summed E-state index contributed by atoms with van der Waals surface area (Å²) in [6.07, 6.45) is 3.55. The third-order valence-electron chi connectivity index (χ3n) is 3.80. The lowest BCUT2D eigenvalue weighted by atomic mass is 9.85. The lowest BCUT2D eigenvalue weighted by molar-refractivity contribution is 0.0363. The number of hydrogen-bond donors (Lipinski definition) is 0. The Morgan fingerprint density at radius 1 is 0.762 bits per heavy atom. The lowest BCUT2D eigenvalue weighted by Crippen LogP contribution is -2.24. The average Bonchev–Trinajstić information content (AvgIpc) is 2.55. The van der Waals surface area contributed by atoms with Gasteiger partial charge in [-0.1, -0.05) is 80.9 Å². The summed E-state index contributed by atoms with van der Waals surface area (Å²) in [6, 6.07) is 21.5. The van der Waals surface area contributed by atoms with Crippen LogP contribution < -0.4 is 0 Å². The standard InChI is InChI=1S/C20H26O/c1-3-11-19(21-16-4-2)20(17-12-7-5-8-13-17)18-14-9-6-10-15-18/h5-10,12-15,19-20H,3-4,11,16H2,1-2H3. The third kappa shape index (κ3) is 4.44. The van der Waals surface area contributed by atoms with Gasteiger partial charge in [0.15, 0.2) is 0 Å². The summed E-state index contributed by atoms with van der Waals surface area (Å²) >= 11 is 0. The van der Waals surface area contributed by atoms with Gasteiger partial charge >= 0.3 is 0 Å². The highest BCUT2D eigenvalue weighted by atomic mass is 16.5. The van der Waals surface area contributed by atoms with Crippen molar-refractivity contribution >= 4 is 0 Å². The molecule has 0 aliphatic carbocycles. The van der Waals surface area contributed by atoms with E-state index < -0.39 is 0 Å². The Hall–Kier alpha value is -1.60. The van der Waals surface area contributed by atoms with Crippen LogP contribution >= 0.6 is 0 Å². The molecule has 1 unspecified atom stereocenters. The molecular weight excluding hydrogens is 256 g/mol. The molecule has 112 valence electrons. The van der Waals surface area contributed by atoms with E-state index in [9.17, 15) is 0 Å². The van der Waals surface area contributed by atoms with E-state index in [1.807, 2.05) is 0 Å². The first-order valence-corrected chi connectivity index (χ1v) is 8.08. The molecule has 1 atom stereocenters. The van der Waals surface area contributed by atoms with Gasteiger partial charge in [-0.15, -0.1) is 0 Å². The molecule has 1 heteroatoms. The van der Waals surface area contributed by atoms with Crippen LogP contribution in [0.2, 0.25) is 0 Å². The number of hydrogen-bond acceptors (Lipinski definition) is 1. The van der Waals surface area contributed by atoms with E-state index in [4.69, 9.17) is 4.74 Å². The predicted octanol–water partition coefficient (Wildman–Crippen LogP) is 5.41. The molecule has 0 bridgehead atoms. The summed E-state index contributed by atoms with van der Waals surface area (Å²) in [5.41, 5.74) is 2.69. The SMILES string of the molecule is CCCOC(CCC)C(c1ccccc1)c1ccccc1. The van der Waals surface area contributed by atoms with Gasteiger partial charge in [0.2, 0.25) is 0 Å². The van der Waals surface area contributed by atoms with Crippen LogP contribution in [-0.2, 0) is 4.74 Å². The minimum Gasteiger partial charge on any atom is -0.377 e. The molecule has 0 spiro atoms. The van der Waals surface area contributed by atoms with Crippen molar-refractivity contribution in [2.45, 2.75) is 45.1 Å². The molecule has 2 aromatic carbocycles. The van der Waals surface area contributed by atoms with Crippen molar-refractivity contribution in [3.63, 3.8) is 0 Å². The molecule has 0 saturated heterocycles. The maximum atomic E-state index is 6.20. The first-order chi connectivity index (χ1) is 10.4. The van der Waals surface area contributed by atoms with Crippen LogP contribution in [0, 0.1) is 0 Å². The topological polar surface area (TPSA) is 9.23 Å². The van der Waals surface area contributed by atoms with Crippen LogP contribution in [-0.4, -0.2) is 12.7 Å². The average molecular weight is 282 g/mol. The summed E-state index contributed by atoms with van der Waals surface area (Å²) in [5, 5.41) is 0. The molecule has 0 amide bonds. The predicted molar refractivity (Wildman–Crippen MR) is 89.7 cm³/mol. The fourth-order valence-electron chi connectivity index (χ4n) is 2.84. The van der Waals surface area contributed by atoms with E-state index in [0.29, 0.717) is 5.92 Å². The van der Waals surface area contributed by atoms with Crippen molar-refractivity contribution < 1.29 is 4.74 Å². The fraction of sp³-hybridized carbons (Fsp3) is 0.400. The second kappa shape index (κ2) is 8.63. The Morgan fingerprint density at radius 2 is 1.29 bits per heavy atom. The maximum absolute atomic E-state index is 6.20. The number of benzene rings is 2. The van der Waals surface area contributed by atoms with Crippen molar-refractivity contribution in [1.29, 1.82) is 0 Å². The molecular formula is C20H26O. The van der Waals surface area contributed by atoms with Crippen molar-refractivity contribution in [2.24, 2.45) is 0 Å². The summed E-state index contributed by atoms with van der Waals surface area (Å²) < 4.78 is 6.20. The fourth-order valence-corrected chi connectivity index (χ4v) is 2.84. The molecule has 0 fully saturated rings. The molecule has 0 aliphatic heterocycles. The van der Waals surface area contributed by atoms with E-state index in [0.717, 1.165) is 25.9 Å². The highest BCUT2D eigenvalue weighted by Crippen LogP contribution is 2.32. The Balaban J connectivity index is 2.34. The summed E-state index contributed by atoms with van der Waals surface area (Å²) in [6.45, 7) is 5.24. The van der Waals surface area contributed by atoms with Crippen LogP contribution in [0.25, 0.3) is 0 Å². The van der Waals surface area contributed by atoms with Gasteiger partial charge in [0.05, 0.1) is 6.10 Å². The van der Waals surface area contributed by atoms with E-state index >= 15 is 0 Å². The minimum atomic E-state index is 0.250. The molecule has 0 heterocycles. The zero-order valence-electron chi connectivity index (χ0n) is 13.2. The van der Waals surface area contributed by atoms with Gasteiger partial charge in [0.1, 0.15) is 0 Å². The molecule has 1 nitrogen and oxygen atoms in total. The van der Waals surface area contributed by atoms with Crippen LogP contribution in [0.5, 0.6) is 0 Å². The van der Waals surface area contributed by atoms with Crippen LogP contribution in [0.15, 0.2) is 60.7 Å². The molecule has 2 rings (SSSR count). The minimum absolute atomic E-state index is 0.250. The van der Waals surface area contributed by atoms with Crippen LogP contribution in [0.1, 0.15) is 50.2 Å². The van der Waals surface area contributed by atoms with Gasteiger partial charge in [-0.3, -0.25) is 0 Å². The Bertz CT molecular complexity index is 452. The molecule has 0 N–H and O–H groups in total. The highest BCUT2D eigenvalue weighted by molar-refractivity contribution is 5.33. The molecule has 0 aromatic heterocycles. The molecule has 0 radical (unpaired) electrons. The zero-order chi connectivity index (χ0) is 14.9. The van der Waals surface area contributed by atoms with Crippen molar-refractivity contribution in [1.82, 2.24) is 0 Å². The molecule has 0 saturated carbocycles. The summed E-state index contributed by atoms with van der Waals surface area (Å²) in [7, 11) is 0. The van der Waals surface area contributed by atoms with Crippen molar-refractivity contribution in [3.8, 4) is 0 Å². The van der Waals surface area contributed by atoms with Gasteiger partial charge in [-0.25, -0.2) is 0 Å². The van der Waals surface area contributed by atoms with E-state index in [1.54, 1.807) is 0 Å². The normalized spacial score (nSPS) is 12.5. The first kappa shape index (κ1) is 15.8. The Kier molecular flexibility index (Phi) is 6.49.